The molecule has 0 aliphatic heterocycles. The first-order chi connectivity index (χ1) is 15.1. The highest BCUT2D eigenvalue weighted by molar-refractivity contribution is 7.14. The van der Waals surface area contributed by atoms with E-state index >= 15 is 0 Å². The molecule has 1 heterocycles. The van der Waals surface area contributed by atoms with Crippen LogP contribution in [0, 0.1) is 0 Å². The number of benzene rings is 2. The van der Waals surface area contributed by atoms with Gasteiger partial charge in [-0.1, -0.05) is 12.1 Å². The standard InChI is InChI=1S/C23H24N2O5S/c1-5-6-15-7-10-19(21(11-15)29-4)30-13-22(26)25-23-24-18(14-31-23)17-9-8-16(27-2)12-20(17)28-3/h5,7-12,14H,1,6,13H2,2-4H3,(H,24,25,26). The number of carbonyl (C=O) groups excluding carboxylic acids is 1. The quantitative estimate of drug-likeness (QED) is 0.465. The van der Waals surface area contributed by atoms with E-state index in [1.54, 1.807) is 33.5 Å². The zero-order chi connectivity index (χ0) is 22.2. The number of methoxy groups -OCH3 is 3. The molecule has 31 heavy (non-hydrogen) atoms. The Bertz CT molecular complexity index is 1060. The van der Waals surface area contributed by atoms with Crippen molar-refractivity contribution in [2.45, 2.75) is 6.42 Å². The lowest BCUT2D eigenvalue weighted by molar-refractivity contribution is -0.118. The van der Waals surface area contributed by atoms with Crippen LogP contribution in [0.1, 0.15) is 5.56 Å². The van der Waals surface area contributed by atoms with Gasteiger partial charge in [0, 0.05) is 17.0 Å². The van der Waals surface area contributed by atoms with Gasteiger partial charge in [-0.3, -0.25) is 10.1 Å². The topological polar surface area (TPSA) is 78.9 Å². The molecular formula is C23H24N2O5S. The van der Waals surface area contributed by atoms with Crippen molar-refractivity contribution in [3.63, 3.8) is 0 Å². The molecule has 0 atom stereocenters. The minimum Gasteiger partial charge on any atom is -0.497 e. The number of thiazole rings is 1. The van der Waals surface area contributed by atoms with E-state index in [-0.39, 0.29) is 12.5 Å². The Kier molecular flexibility index (Phi) is 7.50. The molecule has 0 radical (unpaired) electrons. The summed E-state index contributed by atoms with van der Waals surface area (Å²) < 4.78 is 21.6. The molecule has 1 aromatic heterocycles. The second-order valence-corrected chi connectivity index (χ2v) is 7.28. The molecule has 0 aliphatic rings. The van der Waals surface area contributed by atoms with Gasteiger partial charge in [-0.15, -0.1) is 17.9 Å². The average molecular weight is 441 g/mol. The molecule has 0 saturated carbocycles. The Morgan fingerprint density at radius 2 is 1.87 bits per heavy atom. The lowest BCUT2D eigenvalue weighted by atomic mass is 10.1. The number of allylic oxidation sites excluding steroid dienone is 1. The predicted molar refractivity (Wildman–Crippen MR) is 122 cm³/mol. The van der Waals surface area contributed by atoms with Crippen LogP contribution in [0.25, 0.3) is 11.3 Å². The summed E-state index contributed by atoms with van der Waals surface area (Å²) in [6, 6.07) is 11.0. The molecule has 162 valence electrons. The van der Waals surface area contributed by atoms with Crippen molar-refractivity contribution >= 4 is 22.4 Å². The van der Waals surface area contributed by atoms with Crippen LogP contribution in [-0.4, -0.2) is 38.8 Å². The van der Waals surface area contributed by atoms with Gasteiger partial charge in [0.15, 0.2) is 23.2 Å². The maximum atomic E-state index is 12.3. The highest BCUT2D eigenvalue weighted by Crippen LogP contribution is 2.35. The Balaban J connectivity index is 1.64. The molecule has 1 N–H and O–H groups in total. The second kappa shape index (κ2) is 10.5. The van der Waals surface area contributed by atoms with Crippen molar-refractivity contribution in [2.24, 2.45) is 0 Å². The summed E-state index contributed by atoms with van der Waals surface area (Å²) in [5, 5.41) is 5.07. The highest BCUT2D eigenvalue weighted by atomic mass is 32.1. The van der Waals surface area contributed by atoms with Crippen LogP contribution in [0.2, 0.25) is 0 Å². The van der Waals surface area contributed by atoms with Crippen molar-refractivity contribution in [3.8, 4) is 34.3 Å². The highest BCUT2D eigenvalue weighted by Gasteiger charge is 2.14. The molecule has 2 aromatic carbocycles. The summed E-state index contributed by atoms with van der Waals surface area (Å²) in [7, 11) is 4.74. The van der Waals surface area contributed by atoms with Crippen molar-refractivity contribution < 1.29 is 23.7 Å². The molecule has 0 spiro atoms. The smallest absolute Gasteiger partial charge is 0.264 e. The minimum absolute atomic E-state index is 0.169. The molecule has 0 saturated heterocycles. The zero-order valence-electron chi connectivity index (χ0n) is 17.6. The first kappa shape index (κ1) is 22.2. The van der Waals surface area contributed by atoms with E-state index in [2.05, 4.69) is 16.9 Å². The Labute approximate surface area is 185 Å². The summed E-state index contributed by atoms with van der Waals surface area (Å²) in [6.07, 6.45) is 2.54. The van der Waals surface area contributed by atoms with E-state index < -0.39 is 0 Å². The van der Waals surface area contributed by atoms with Gasteiger partial charge >= 0.3 is 0 Å². The summed E-state index contributed by atoms with van der Waals surface area (Å²) >= 11 is 1.32. The van der Waals surface area contributed by atoms with Gasteiger partial charge < -0.3 is 18.9 Å². The number of ether oxygens (including phenoxy) is 4. The van der Waals surface area contributed by atoms with Crippen molar-refractivity contribution in [1.82, 2.24) is 4.98 Å². The van der Waals surface area contributed by atoms with Gasteiger partial charge in [-0.2, -0.15) is 0 Å². The zero-order valence-corrected chi connectivity index (χ0v) is 18.5. The SMILES string of the molecule is C=CCc1ccc(OCC(=O)Nc2nc(-c3ccc(OC)cc3OC)cs2)c(OC)c1. The predicted octanol–water partition coefficient (Wildman–Crippen LogP) is 4.58. The largest absolute Gasteiger partial charge is 0.497 e. The lowest BCUT2D eigenvalue weighted by Gasteiger charge is -2.11. The van der Waals surface area contributed by atoms with Gasteiger partial charge in [-0.05, 0) is 36.2 Å². The molecule has 0 unspecified atom stereocenters. The Morgan fingerprint density at radius 3 is 2.58 bits per heavy atom. The molecule has 0 fully saturated rings. The molecule has 8 heteroatoms. The molecule has 7 nitrogen and oxygen atoms in total. The summed E-state index contributed by atoms with van der Waals surface area (Å²) in [4.78, 5) is 16.8. The van der Waals surface area contributed by atoms with Gasteiger partial charge in [0.25, 0.3) is 5.91 Å². The number of anilines is 1. The fraction of sp³-hybridized carbons (Fsp3) is 0.217. The number of aromatic nitrogens is 1. The fourth-order valence-corrected chi connectivity index (χ4v) is 3.62. The molecule has 0 bridgehead atoms. The van der Waals surface area contributed by atoms with Crippen molar-refractivity contribution in [1.29, 1.82) is 0 Å². The van der Waals surface area contributed by atoms with E-state index in [0.29, 0.717) is 33.8 Å². The van der Waals surface area contributed by atoms with E-state index in [9.17, 15) is 4.79 Å². The van der Waals surface area contributed by atoms with Crippen LogP contribution < -0.4 is 24.3 Å². The van der Waals surface area contributed by atoms with E-state index in [1.165, 1.54) is 11.3 Å². The summed E-state index contributed by atoms with van der Waals surface area (Å²) in [5.41, 5.74) is 2.55. The monoisotopic (exact) mass is 440 g/mol. The number of carbonyl (C=O) groups is 1. The molecule has 3 aromatic rings. The maximum Gasteiger partial charge on any atom is 0.264 e. The number of rotatable bonds is 10. The number of nitrogens with zero attached hydrogens (tertiary/aromatic N) is 1. The summed E-state index contributed by atoms with van der Waals surface area (Å²) in [5.74, 6) is 2.07. The average Bonchev–Trinajstić information content (AvgIpc) is 3.25. The first-order valence-electron chi connectivity index (χ1n) is 9.46. The third-order valence-corrected chi connectivity index (χ3v) is 5.16. The summed E-state index contributed by atoms with van der Waals surface area (Å²) in [6.45, 7) is 3.56. The lowest BCUT2D eigenvalue weighted by Crippen LogP contribution is -2.20. The van der Waals surface area contributed by atoms with Crippen LogP contribution in [0.5, 0.6) is 23.0 Å². The fourth-order valence-electron chi connectivity index (χ4n) is 2.89. The second-order valence-electron chi connectivity index (χ2n) is 6.42. The molecule has 0 aliphatic carbocycles. The van der Waals surface area contributed by atoms with E-state index in [1.807, 2.05) is 35.7 Å². The van der Waals surface area contributed by atoms with Crippen LogP contribution >= 0.6 is 11.3 Å². The van der Waals surface area contributed by atoms with Gasteiger partial charge in [0.05, 0.1) is 27.0 Å². The number of hydrogen-bond donors (Lipinski definition) is 1. The first-order valence-corrected chi connectivity index (χ1v) is 10.3. The maximum absolute atomic E-state index is 12.3. The Morgan fingerprint density at radius 1 is 1.06 bits per heavy atom. The normalized spacial score (nSPS) is 10.3. The minimum atomic E-state index is -0.320. The van der Waals surface area contributed by atoms with Crippen LogP contribution in [0.3, 0.4) is 0 Å². The number of hydrogen-bond acceptors (Lipinski definition) is 7. The van der Waals surface area contributed by atoms with Crippen LogP contribution in [0.15, 0.2) is 54.4 Å². The third kappa shape index (κ3) is 5.55. The van der Waals surface area contributed by atoms with Crippen molar-refractivity contribution in [3.05, 3.63) is 60.0 Å². The van der Waals surface area contributed by atoms with Crippen molar-refractivity contribution in [2.75, 3.05) is 33.3 Å². The third-order valence-electron chi connectivity index (χ3n) is 4.40. The molecular weight excluding hydrogens is 416 g/mol. The Hall–Kier alpha value is -3.52. The number of amides is 1. The van der Waals surface area contributed by atoms with E-state index in [0.717, 1.165) is 17.5 Å². The van der Waals surface area contributed by atoms with Crippen LogP contribution in [0.4, 0.5) is 5.13 Å². The van der Waals surface area contributed by atoms with Gasteiger partial charge in [0.1, 0.15) is 11.5 Å². The molecule has 1 amide bonds. The van der Waals surface area contributed by atoms with Gasteiger partial charge in [-0.25, -0.2) is 4.98 Å². The molecule has 3 rings (SSSR count). The van der Waals surface area contributed by atoms with E-state index in [4.69, 9.17) is 18.9 Å². The van der Waals surface area contributed by atoms with Crippen LogP contribution in [-0.2, 0) is 11.2 Å². The van der Waals surface area contributed by atoms with Gasteiger partial charge in [0.2, 0.25) is 0 Å². The number of nitrogens with one attached hydrogen (secondary N) is 1.